The van der Waals surface area contributed by atoms with Crippen LogP contribution in [0.3, 0.4) is 0 Å². The molecule has 2 unspecified atom stereocenters. The van der Waals surface area contributed by atoms with Gasteiger partial charge in [-0.1, -0.05) is 78.9 Å². The van der Waals surface area contributed by atoms with Crippen LogP contribution in [-0.4, -0.2) is 60.0 Å². The Morgan fingerprint density at radius 3 is 2.27 bits per heavy atom. The second-order valence-electron chi connectivity index (χ2n) is 13.5. The van der Waals surface area contributed by atoms with E-state index in [1.165, 1.54) is 4.57 Å². The number of carbonyl (C=O) groups excluding carboxylic acids is 4. The number of nitrogens with one attached hydrogen (secondary N) is 2. The van der Waals surface area contributed by atoms with E-state index in [1.807, 2.05) is 92.6 Å². The number of para-hydroxylation sites is 2. The molecule has 6 rings (SSSR count). The highest BCUT2D eigenvalue weighted by Crippen LogP contribution is 2.27. The minimum absolute atomic E-state index is 0. The summed E-state index contributed by atoms with van der Waals surface area (Å²) in [5.41, 5.74) is 2.41. The van der Waals surface area contributed by atoms with E-state index in [0.717, 1.165) is 23.1 Å². The second-order valence-corrected chi connectivity index (χ2v) is 13.5. The molecule has 55 heavy (non-hydrogen) atoms. The summed E-state index contributed by atoms with van der Waals surface area (Å²) in [7, 11) is 3.91. The van der Waals surface area contributed by atoms with E-state index in [1.54, 1.807) is 55.6 Å². The van der Waals surface area contributed by atoms with Crippen molar-refractivity contribution in [3.05, 3.63) is 143 Å². The zero-order valence-electron chi connectivity index (χ0n) is 30.9. The second kappa shape index (κ2) is 17.8. The van der Waals surface area contributed by atoms with Crippen molar-refractivity contribution in [2.75, 3.05) is 20.9 Å². The number of hydrogen-bond acceptors (Lipinski definition) is 9. The smallest absolute Gasteiger partial charge is 0.421 e. The molecule has 2 aromatic heterocycles. The van der Waals surface area contributed by atoms with E-state index in [2.05, 4.69) is 10.6 Å². The fourth-order valence-corrected chi connectivity index (χ4v) is 6.19. The molecule has 286 valence electrons. The minimum atomic E-state index is -1.55. The Bertz CT molecular complexity index is 2240. The summed E-state index contributed by atoms with van der Waals surface area (Å²) in [4.78, 5) is 55.4. The summed E-state index contributed by atoms with van der Waals surface area (Å²) in [5, 5.41) is 7.32. The van der Waals surface area contributed by atoms with Crippen molar-refractivity contribution in [1.29, 1.82) is 0 Å². The highest BCUT2D eigenvalue weighted by molar-refractivity contribution is 5.95. The van der Waals surface area contributed by atoms with Crippen LogP contribution in [0.5, 0.6) is 0 Å². The highest BCUT2D eigenvalue weighted by atomic mass is 35.5. The van der Waals surface area contributed by atoms with Gasteiger partial charge >= 0.3 is 18.2 Å². The quantitative estimate of drug-likeness (QED) is 0.0891. The molecule has 0 saturated carbocycles. The molecule has 0 bridgehead atoms. The number of rotatable bonds is 13. The summed E-state index contributed by atoms with van der Waals surface area (Å²) in [6.45, 7) is 3.40. The first-order valence-electron chi connectivity index (χ1n) is 17.4. The fourth-order valence-electron chi connectivity index (χ4n) is 6.19. The summed E-state index contributed by atoms with van der Waals surface area (Å²) in [6, 6.07) is 32.4. The number of benzene rings is 4. The largest absolute Gasteiger partial charge is 0.457 e. The van der Waals surface area contributed by atoms with Crippen LogP contribution in [0.4, 0.5) is 9.59 Å². The van der Waals surface area contributed by atoms with Gasteiger partial charge in [0.2, 0.25) is 12.7 Å². The molecule has 6 aromatic rings. The number of alkyl carbamates (subject to hydrolysis) is 1. The van der Waals surface area contributed by atoms with Gasteiger partial charge in [-0.3, -0.25) is 9.36 Å². The van der Waals surface area contributed by atoms with E-state index in [9.17, 15) is 19.2 Å². The van der Waals surface area contributed by atoms with Gasteiger partial charge < -0.3 is 34.2 Å². The van der Waals surface area contributed by atoms with Crippen LogP contribution in [0.1, 0.15) is 52.7 Å². The zero-order valence-corrected chi connectivity index (χ0v) is 31.8. The van der Waals surface area contributed by atoms with Crippen LogP contribution in [0.25, 0.3) is 21.9 Å². The monoisotopic (exact) mass is 766 g/mol. The summed E-state index contributed by atoms with van der Waals surface area (Å²) in [5.74, 6) is -0.664. The number of aromatic nitrogens is 1. The predicted octanol–water partition coefficient (Wildman–Crippen LogP) is 7.78. The maximum absolute atomic E-state index is 14.1. The molecule has 0 saturated heterocycles. The van der Waals surface area contributed by atoms with Crippen molar-refractivity contribution in [1.82, 2.24) is 20.1 Å². The van der Waals surface area contributed by atoms with Crippen LogP contribution >= 0.6 is 12.4 Å². The standard InChI is InChI=1S/C42H42N4O8.ClH/c1-28(30-12-6-5-7-13-30)43-39(48)42(2,44-40(49)51-26-34-22-32-14-8-11-17-37(32)54-34)23-33-25-46(36-16-10-9-15-35(33)36)41(50)53-27-52-38(47)31-20-18-29(19-21-31)24-45(3)4;/h5-22,25,28H,23-24,26-27H2,1-4H3,(H,43,48)(H,44,49);1H. The highest BCUT2D eigenvalue weighted by Gasteiger charge is 2.38. The number of amides is 2. The summed E-state index contributed by atoms with van der Waals surface area (Å²) < 4.78 is 23.2. The lowest BCUT2D eigenvalue weighted by molar-refractivity contribution is -0.127. The molecule has 2 atom stereocenters. The van der Waals surface area contributed by atoms with E-state index in [-0.39, 0.29) is 31.5 Å². The lowest BCUT2D eigenvalue weighted by Gasteiger charge is -2.30. The van der Waals surface area contributed by atoms with E-state index >= 15 is 0 Å². The van der Waals surface area contributed by atoms with Crippen LogP contribution in [0, 0.1) is 0 Å². The Morgan fingerprint density at radius 2 is 1.55 bits per heavy atom. The number of fused-ring (bicyclic) bond motifs is 2. The third kappa shape index (κ3) is 9.91. The summed E-state index contributed by atoms with van der Waals surface area (Å²) >= 11 is 0. The van der Waals surface area contributed by atoms with Gasteiger partial charge in [-0.25, -0.2) is 14.4 Å². The van der Waals surface area contributed by atoms with Crippen LogP contribution < -0.4 is 10.6 Å². The van der Waals surface area contributed by atoms with Crippen molar-refractivity contribution < 1.29 is 37.8 Å². The number of furan rings is 1. The van der Waals surface area contributed by atoms with Crippen molar-refractivity contribution >= 4 is 58.3 Å². The Hall–Kier alpha value is -6.11. The van der Waals surface area contributed by atoms with Gasteiger partial charge in [-0.05, 0) is 75.0 Å². The first-order chi connectivity index (χ1) is 26.0. The van der Waals surface area contributed by atoms with E-state index in [4.69, 9.17) is 18.6 Å². The Labute approximate surface area is 324 Å². The topological polar surface area (TPSA) is 141 Å². The molecule has 0 spiro atoms. The maximum Gasteiger partial charge on any atom is 0.421 e. The fraction of sp³-hybridized carbons (Fsp3) is 0.238. The predicted molar refractivity (Wildman–Crippen MR) is 210 cm³/mol. The molecule has 0 aliphatic heterocycles. The lowest BCUT2D eigenvalue weighted by Crippen LogP contribution is -2.58. The average molecular weight is 767 g/mol. The number of ether oxygens (including phenoxy) is 3. The van der Waals surface area contributed by atoms with Crippen molar-refractivity contribution in [2.24, 2.45) is 0 Å². The molecular weight excluding hydrogens is 724 g/mol. The third-order valence-corrected chi connectivity index (χ3v) is 8.94. The van der Waals surface area contributed by atoms with Crippen molar-refractivity contribution in [2.45, 2.75) is 45.0 Å². The Balaban J connectivity index is 0.00000580. The SMILES string of the molecule is CC(NC(=O)C(C)(Cc1cn(C(=O)OCOC(=O)c2ccc(CN(C)C)cc2)c2ccccc12)NC(=O)OCc1cc2ccccc2o1)c1ccccc1.Cl. The van der Waals surface area contributed by atoms with Gasteiger partial charge in [0.15, 0.2) is 6.61 Å². The third-order valence-electron chi connectivity index (χ3n) is 8.94. The van der Waals surface area contributed by atoms with Crippen LogP contribution in [-0.2, 0) is 38.6 Å². The average Bonchev–Trinajstić information content (AvgIpc) is 3.75. The lowest BCUT2D eigenvalue weighted by atomic mass is 9.91. The van der Waals surface area contributed by atoms with Gasteiger partial charge in [-0.15, -0.1) is 12.4 Å². The van der Waals surface area contributed by atoms with Gasteiger partial charge in [0.25, 0.3) is 0 Å². The van der Waals surface area contributed by atoms with E-state index in [0.29, 0.717) is 33.4 Å². The molecule has 2 heterocycles. The molecule has 12 nitrogen and oxygen atoms in total. The van der Waals surface area contributed by atoms with Crippen molar-refractivity contribution in [3.63, 3.8) is 0 Å². The van der Waals surface area contributed by atoms with Crippen molar-refractivity contribution in [3.8, 4) is 0 Å². The van der Waals surface area contributed by atoms with Gasteiger partial charge in [-0.2, -0.15) is 0 Å². The van der Waals surface area contributed by atoms with Gasteiger partial charge in [0.1, 0.15) is 16.9 Å². The molecule has 0 fully saturated rings. The Kier molecular flexibility index (Phi) is 13.0. The number of nitrogens with zero attached hydrogens (tertiary/aromatic N) is 2. The first-order valence-corrected chi connectivity index (χ1v) is 17.4. The first kappa shape index (κ1) is 40.1. The molecule has 13 heteroatoms. The molecule has 0 aliphatic rings. The number of halogens is 1. The minimum Gasteiger partial charge on any atom is -0.457 e. The summed E-state index contributed by atoms with van der Waals surface area (Å²) in [6.07, 6.45) is -0.114. The molecule has 2 amide bonds. The molecule has 4 aromatic carbocycles. The number of carbonyl (C=O) groups is 4. The van der Waals surface area contributed by atoms with Crippen LogP contribution in [0.15, 0.2) is 120 Å². The number of hydrogen-bond donors (Lipinski definition) is 2. The molecular formula is C42H43ClN4O8. The van der Waals surface area contributed by atoms with Crippen LogP contribution in [0.2, 0.25) is 0 Å². The maximum atomic E-state index is 14.1. The Morgan fingerprint density at radius 1 is 0.855 bits per heavy atom. The zero-order chi connectivity index (χ0) is 38.2. The number of esters is 1. The molecule has 2 N–H and O–H groups in total. The van der Waals surface area contributed by atoms with E-state index < -0.39 is 36.4 Å². The van der Waals surface area contributed by atoms with Gasteiger partial charge in [0.05, 0.1) is 17.1 Å². The van der Waals surface area contributed by atoms with Gasteiger partial charge in [0, 0.05) is 29.9 Å². The normalized spacial score (nSPS) is 12.7. The molecule has 0 aliphatic carbocycles. The molecule has 0 radical (unpaired) electrons.